The van der Waals surface area contributed by atoms with E-state index in [0.717, 1.165) is 30.6 Å². The summed E-state index contributed by atoms with van der Waals surface area (Å²) in [6, 6.07) is 11.4. The van der Waals surface area contributed by atoms with Crippen LogP contribution in [-0.2, 0) is 11.2 Å². The summed E-state index contributed by atoms with van der Waals surface area (Å²) in [7, 11) is 0. The summed E-state index contributed by atoms with van der Waals surface area (Å²) in [6.45, 7) is 6.33. The van der Waals surface area contributed by atoms with Gasteiger partial charge in [-0.05, 0) is 48.4 Å². The Morgan fingerprint density at radius 3 is 2.73 bits per heavy atom. The first-order chi connectivity index (χ1) is 14.6. The Balaban J connectivity index is 1.72. The second-order valence-corrected chi connectivity index (χ2v) is 8.43. The summed E-state index contributed by atoms with van der Waals surface area (Å²) >= 11 is 1.73. The van der Waals surface area contributed by atoms with Crippen molar-refractivity contribution in [2.24, 2.45) is 0 Å². The zero-order valence-corrected chi connectivity index (χ0v) is 18.6. The average Bonchev–Trinajstić information content (AvgIpc) is 3.25. The van der Waals surface area contributed by atoms with Gasteiger partial charge in [-0.15, -0.1) is 11.3 Å². The number of hydrogen-bond acceptors (Lipinski definition) is 4. The van der Waals surface area contributed by atoms with Crippen molar-refractivity contribution in [1.29, 1.82) is 0 Å². The van der Waals surface area contributed by atoms with Gasteiger partial charge in [-0.3, -0.25) is 4.79 Å². The van der Waals surface area contributed by atoms with Gasteiger partial charge in [0.15, 0.2) is 0 Å². The molecule has 0 fully saturated rings. The Kier molecular flexibility index (Phi) is 8.13. The van der Waals surface area contributed by atoms with E-state index in [1.54, 1.807) is 16.2 Å². The minimum Gasteiger partial charge on any atom is -0.491 e. The molecule has 1 aliphatic rings. The highest BCUT2D eigenvalue weighted by Gasteiger charge is 2.33. The van der Waals surface area contributed by atoms with E-state index in [-0.39, 0.29) is 24.5 Å². The predicted octanol–water partition coefficient (Wildman–Crippen LogP) is 4.08. The number of nitrogens with one attached hydrogen (secondary N) is 1. The van der Waals surface area contributed by atoms with Gasteiger partial charge in [0, 0.05) is 24.5 Å². The number of carbonyl (C=O) groups excluding carboxylic acids is 2. The Labute approximate surface area is 182 Å². The number of carbonyl (C=O) groups is 2. The standard InChI is InChI=1S/C23H31N3O3S/c1-3-12-24-23(28)25(13-4-2)16-22(27)26-14-10-21-19(11-15-30-21)20(26)17-29-18-8-6-5-7-9-18/h5-9,11,15,20H,3-4,10,12-14,16-17H2,1-2H3,(H,24,28). The maximum absolute atomic E-state index is 13.3. The van der Waals surface area contributed by atoms with Crippen LogP contribution in [0.1, 0.15) is 43.2 Å². The van der Waals surface area contributed by atoms with Gasteiger partial charge >= 0.3 is 6.03 Å². The number of hydrogen-bond donors (Lipinski definition) is 1. The molecule has 1 aliphatic heterocycles. The molecule has 0 saturated carbocycles. The van der Waals surface area contributed by atoms with E-state index in [1.165, 1.54) is 4.88 Å². The second-order valence-electron chi connectivity index (χ2n) is 7.43. The number of para-hydroxylation sites is 1. The molecule has 1 aromatic carbocycles. The molecule has 3 rings (SSSR count). The lowest BCUT2D eigenvalue weighted by atomic mass is 10.0. The molecule has 2 heterocycles. The van der Waals surface area contributed by atoms with Crippen LogP contribution < -0.4 is 10.1 Å². The molecule has 0 bridgehead atoms. The fraction of sp³-hybridized carbons (Fsp3) is 0.478. The molecule has 162 valence electrons. The van der Waals surface area contributed by atoms with Crippen LogP contribution >= 0.6 is 11.3 Å². The Hall–Kier alpha value is -2.54. The van der Waals surface area contributed by atoms with Crippen molar-refractivity contribution in [1.82, 2.24) is 15.1 Å². The van der Waals surface area contributed by atoms with Gasteiger partial charge in [-0.25, -0.2) is 4.79 Å². The summed E-state index contributed by atoms with van der Waals surface area (Å²) in [6.07, 6.45) is 2.52. The molecule has 7 heteroatoms. The average molecular weight is 430 g/mol. The first kappa shape index (κ1) is 22.2. The minimum atomic E-state index is -0.169. The molecule has 0 saturated heterocycles. The fourth-order valence-electron chi connectivity index (χ4n) is 3.69. The van der Waals surface area contributed by atoms with Gasteiger partial charge < -0.3 is 19.9 Å². The third kappa shape index (κ3) is 5.53. The highest BCUT2D eigenvalue weighted by atomic mass is 32.1. The van der Waals surface area contributed by atoms with E-state index in [9.17, 15) is 9.59 Å². The highest BCUT2D eigenvalue weighted by molar-refractivity contribution is 7.10. The summed E-state index contributed by atoms with van der Waals surface area (Å²) < 4.78 is 6.02. The molecule has 30 heavy (non-hydrogen) atoms. The lowest BCUT2D eigenvalue weighted by Gasteiger charge is -2.37. The molecule has 0 radical (unpaired) electrons. The molecule has 1 aromatic heterocycles. The summed E-state index contributed by atoms with van der Waals surface area (Å²) in [5, 5.41) is 4.97. The van der Waals surface area contributed by atoms with Gasteiger partial charge in [-0.2, -0.15) is 0 Å². The van der Waals surface area contributed by atoms with Crippen molar-refractivity contribution >= 4 is 23.3 Å². The van der Waals surface area contributed by atoms with Gasteiger partial charge in [0.1, 0.15) is 18.9 Å². The minimum absolute atomic E-state index is 0.0337. The summed E-state index contributed by atoms with van der Waals surface area (Å²) in [5.41, 5.74) is 1.16. The first-order valence-electron chi connectivity index (χ1n) is 10.7. The normalized spacial score (nSPS) is 15.4. The van der Waals surface area contributed by atoms with Crippen molar-refractivity contribution in [3.05, 3.63) is 52.2 Å². The van der Waals surface area contributed by atoms with Crippen molar-refractivity contribution < 1.29 is 14.3 Å². The highest BCUT2D eigenvalue weighted by Crippen LogP contribution is 2.34. The number of amides is 3. The van der Waals surface area contributed by atoms with E-state index in [4.69, 9.17) is 4.74 Å². The lowest BCUT2D eigenvalue weighted by molar-refractivity contribution is -0.135. The predicted molar refractivity (Wildman–Crippen MR) is 120 cm³/mol. The maximum Gasteiger partial charge on any atom is 0.317 e. The lowest BCUT2D eigenvalue weighted by Crippen LogP contribution is -2.50. The van der Waals surface area contributed by atoms with Crippen LogP contribution in [0.15, 0.2) is 41.8 Å². The van der Waals surface area contributed by atoms with Crippen LogP contribution in [0.2, 0.25) is 0 Å². The summed E-state index contributed by atoms with van der Waals surface area (Å²) in [5.74, 6) is 0.757. The van der Waals surface area contributed by atoms with E-state index in [2.05, 4.69) is 16.8 Å². The van der Waals surface area contributed by atoms with Crippen LogP contribution in [0.4, 0.5) is 4.79 Å². The van der Waals surface area contributed by atoms with E-state index in [0.29, 0.717) is 26.2 Å². The number of nitrogens with zero attached hydrogens (tertiary/aromatic N) is 2. The van der Waals surface area contributed by atoms with Crippen LogP contribution in [-0.4, -0.2) is 54.5 Å². The number of ether oxygens (including phenoxy) is 1. The number of urea groups is 1. The molecule has 3 amide bonds. The smallest absolute Gasteiger partial charge is 0.317 e. The van der Waals surface area contributed by atoms with E-state index < -0.39 is 0 Å². The monoisotopic (exact) mass is 429 g/mol. The van der Waals surface area contributed by atoms with Gasteiger partial charge in [0.25, 0.3) is 0 Å². The molecule has 0 spiro atoms. The van der Waals surface area contributed by atoms with Crippen molar-refractivity contribution in [3.63, 3.8) is 0 Å². The molecule has 0 aliphatic carbocycles. The van der Waals surface area contributed by atoms with Crippen LogP contribution in [0.3, 0.4) is 0 Å². The quantitative estimate of drug-likeness (QED) is 0.653. The number of thiophene rings is 1. The molecular formula is C23H31N3O3S. The van der Waals surface area contributed by atoms with E-state index in [1.807, 2.05) is 49.1 Å². The Morgan fingerprint density at radius 1 is 1.20 bits per heavy atom. The van der Waals surface area contributed by atoms with Crippen molar-refractivity contribution in [3.8, 4) is 5.75 Å². The summed E-state index contributed by atoms with van der Waals surface area (Å²) in [4.78, 5) is 30.6. The maximum atomic E-state index is 13.3. The van der Waals surface area contributed by atoms with Crippen LogP contribution in [0.25, 0.3) is 0 Å². The number of rotatable bonds is 9. The topological polar surface area (TPSA) is 61.9 Å². The third-order valence-corrected chi connectivity index (χ3v) is 6.20. The Bertz CT molecular complexity index is 824. The van der Waals surface area contributed by atoms with E-state index >= 15 is 0 Å². The molecule has 1 unspecified atom stereocenters. The molecule has 1 atom stereocenters. The molecule has 2 aromatic rings. The molecular weight excluding hydrogens is 398 g/mol. The molecule has 1 N–H and O–H groups in total. The number of fused-ring (bicyclic) bond motifs is 1. The van der Waals surface area contributed by atoms with Crippen molar-refractivity contribution in [2.45, 2.75) is 39.2 Å². The number of benzene rings is 1. The van der Waals surface area contributed by atoms with Crippen molar-refractivity contribution in [2.75, 3.05) is 32.8 Å². The van der Waals surface area contributed by atoms with Gasteiger partial charge in [0.05, 0.1) is 6.04 Å². The zero-order valence-electron chi connectivity index (χ0n) is 17.8. The third-order valence-electron chi connectivity index (χ3n) is 5.20. The van der Waals surface area contributed by atoms with Gasteiger partial charge in [0.2, 0.25) is 5.91 Å². The SMILES string of the molecule is CCCNC(=O)N(CCC)CC(=O)N1CCc2sccc2C1COc1ccccc1. The molecule has 6 nitrogen and oxygen atoms in total. The Morgan fingerprint density at radius 2 is 2.00 bits per heavy atom. The van der Waals surface area contributed by atoms with Gasteiger partial charge in [-0.1, -0.05) is 32.0 Å². The largest absolute Gasteiger partial charge is 0.491 e. The fourth-order valence-corrected chi connectivity index (χ4v) is 4.61. The first-order valence-corrected chi connectivity index (χ1v) is 11.6. The zero-order chi connectivity index (χ0) is 21.3. The second kappa shape index (κ2) is 11.0. The van der Waals surface area contributed by atoms with Crippen LogP contribution in [0, 0.1) is 0 Å². The van der Waals surface area contributed by atoms with Crippen LogP contribution in [0.5, 0.6) is 5.75 Å².